The average molecular weight is 211 g/mol. The maximum Gasteiger partial charge on any atom is 0.0410 e. The third-order valence-corrected chi connectivity index (χ3v) is 2.88. The highest BCUT2D eigenvalue weighted by Crippen LogP contribution is 2.35. The normalized spacial score (nSPS) is 21.5. The number of hydrogen-bond acceptors (Lipinski definition) is 2. The van der Waals surface area contributed by atoms with E-state index < -0.39 is 0 Å². The van der Waals surface area contributed by atoms with Crippen LogP contribution in [0.1, 0.15) is 24.8 Å². The van der Waals surface area contributed by atoms with Gasteiger partial charge in [-0.2, -0.15) is 0 Å². The van der Waals surface area contributed by atoms with Crippen LogP contribution in [0.4, 0.5) is 5.69 Å². The van der Waals surface area contributed by atoms with Gasteiger partial charge < -0.3 is 11.1 Å². The van der Waals surface area contributed by atoms with E-state index in [0.717, 1.165) is 18.0 Å². The summed E-state index contributed by atoms with van der Waals surface area (Å²) in [5, 5.41) is 4.18. The summed E-state index contributed by atoms with van der Waals surface area (Å²) < 4.78 is 0. The molecule has 0 saturated heterocycles. The molecule has 1 aromatic carbocycles. The Morgan fingerprint density at radius 3 is 3.14 bits per heavy atom. The van der Waals surface area contributed by atoms with Crippen LogP contribution in [0.5, 0.6) is 0 Å². The van der Waals surface area contributed by atoms with Crippen LogP contribution in [-0.4, -0.2) is 12.6 Å². The molecule has 0 radical (unpaired) electrons. The van der Waals surface area contributed by atoms with Crippen molar-refractivity contribution in [3.63, 3.8) is 0 Å². The lowest BCUT2D eigenvalue weighted by Crippen LogP contribution is -2.19. The molecule has 0 amide bonds. The molecule has 2 rings (SSSR count). The Balaban J connectivity index is 2.24. The summed E-state index contributed by atoms with van der Waals surface area (Å²) in [4.78, 5) is 0. The fourth-order valence-electron chi connectivity index (χ4n) is 2.03. The van der Waals surface area contributed by atoms with Gasteiger partial charge in [-0.15, -0.1) is 0 Å². The van der Waals surface area contributed by atoms with Crippen LogP contribution in [0.2, 0.25) is 5.02 Å². The van der Waals surface area contributed by atoms with Crippen molar-refractivity contribution in [2.24, 2.45) is 5.73 Å². The van der Waals surface area contributed by atoms with Crippen molar-refractivity contribution in [1.82, 2.24) is 0 Å². The van der Waals surface area contributed by atoms with Gasteiger partial charge in [0, 0.05) is 29.2 Å². The number of nitrogens with one attached hydrogen (secondary N) is 1. The number of nitrogens with two attached hydrogens (primary N) is 1. The summed E-state index contributed by atoms with van der Waals surface area (Å²) in [5.41, 5.74) is 8.33. The number of benzene rings is 1. The standard InChI is InChI=1S/C11H15ClN2/c1-7(13)4-8-6-14-11-3-2-9(12)5-10(8)11/h2-3,5,7-8,14H,4,6,13H2,1H3. The molecule has 0 spiro atoms. The van der Waals surface area contributed by atoms with E-state index in [4.69, 9.17) is 17.3 Å². The molecule has 1 heterocycles. The van der Waals surface area contributed by atoms with Crippen LogP contribution < -0.4 is 11.1 Å². The molecule has 3 heteroatoms. The summed E-state index contributed by atoms with van der Waals surface area (Å²) in [5.74, 6) is 0.517. The third-order valence-electron chi connectivity index (χ3n) is 2.65. The van der Waals surface area contributed by atoms with Crippen LogP contribution in [0, 0.1) is 0 Å². The summed E-state index contributed by atoms with van der Waals surface area (Å²) >= 11 is 5.97. The van der Waals surface area contributed by atoms with Crippen molar-refractivity contribution in [3.8, 4) is 0 Å². The molecule has 2 atom stereocenters. The smallest absolute Gasteiger partial charge is 0.0410 e. The summed E-state index contributed by atoms with van der Waals surface area (Å²) in [6, 6.07) is 6.25. The molecule has 2 nitrogen and oxygen atoms in total. The Morgan fingerprint density at radius 1 is 1.64 bits per heavy atom. The van der Waals surface area contributed by atoms with Gasteiger partial charge in [0.25, 0.3) is 0 Å². The average Bonchev–Trinajstić information content (AvgIpc) is 2.47. The molecule has 0 saturated carbocycles. The fourth-order valence-corrected chi connectivity index (χ4v) is 2.22. The highest BCUT2D eigenvalue weighted by molar-refractivity contribution is 6.30. The predicted octanol–water partition coefficient (Wildman–Crippen LogP) is 2.59. The highest BCUT2D eigenvalue weighted by Gasteiger charge is 2.22. The minimum Gasteiger partial charge on any atom is -0.384 e. The van der Waals surface area contributed by atoms with E-state index in [1.54, 1.807) is 0 Å². The highest BCUT2D eigenvalue weighted by atomic mass is 35.5. The molecule has 1 aromatic rings. The van der Waals surface area contributed by atoms with Crippen LogP contribution in [0.3, 0.4) is 0 Å². The Hall–Kier alpha value is -0.730. The van der Waals surface area contributed by atoms with E-state index in [0.29, 0.717) is 5.92 Å². The molecule has 0 aromatic heterocycles. The van der Waals surface area contributed by atoms with Gasteiger partial charge in [-0.25, -0.2) is 0 Å². The van der Waals surface area contributed by atoms with Crippen LogP contribution in [0.25, 0.3) is 0 Å². The predicted molar refractivity (Wildman–Crippen MR) is 60.9 cm³/mol. The van der Waals surface area contributed by atoms with E-state index in [9.17, 15) is 0 Å². The van der Waals surface area contributed by atoms with Gasteiger partial charge in [0.2, 0.25) is 0 Å². The summed E-state index contributed by atoms with van der Waals surface area (Å²) in [6.45, 7) is 3.03. The largest absolute Gasteiger partial charge is 0.384 e. The van der Waals surface area contributed by atoms with E-state index >= 15 is 0 Å². The zero-order chi connectivity index (χ0) is 10.1. The SMILES string of the molecule is CC(N)CC1CNc2ccc(Cl)cc21. The van der Waals surface area contributed by atoms with E-state index in [-0.39, 0.29) is 6.04 Å². The summed E-state index contributed by atoms with van der Waals surface area (Å²) in [7, 11) is 0. The Bertz CT molecular complexity index is 336. The zero-order valence-electron chi connectivity index (χ0n) is 8.26. The van der Waals surface area contributed by atoms with Crippen molar-refractivity contribution in [2.75, 3.05) is 11.9 Å². The first-order valence-corrected chi connectivity index (χ1v) is 5.33. The maximum atomic E-state index is 5.97. The molecule has 3 N–H and O–H groups in total. The molecule has 1 aliphatic rings. The molecule has 1 aliphatic heterocycles. The molecule has 2 unspecified atom stereocenters. The van der Waals surface area contributed by atoms with Crippen molar-refractivity contribution in [2.45, 2.75) is 25.3 Å². The Morgan fingerprint density at radius 2 is 2.43 bits per heavy atom. The second kappa shape index (κ2) is 3.79. The van der Waals surface area contributed by atoms with E-state index in [1.165, 1.54) is 11.3 Å². The van der Waals surface area contributed by atoms with Gasteiger partial charge in [0.15, 0.2) is 0 Å². The molecule has 0 fully saturated rings. The minimum absolute atomic E-state index is 0.242. The monoisotopic (exact) mass is 210 g/mol. The van der Waals surface area contributed by atoms with Crippen molar-refractivity contribution in [3.05, 3.63) is 28.8 Å². The topological polar surface area (TPSA) is 38.0 Å². The van der Waals surface area contributed by atoms with Crippen LogP contribution in [0.15, 0.2) is 18.2 Å². The number of halogens is 1. The van der Waals surface area contributed by atoms with Crippen LogP contribution in [-0.2, 0) is 0 Å². The molecule has 0 bridgehead atoms. The van der Waals surface area contributed by atoms with Gasteiger partial charge in [-0.1, -0.05) is 11.6 Å². The van der Waals surface area contributed by atoms with Gasteiger partial charge >= 0.3 is 0 Å². The Kier molecular flexibility index (Phi) is 2.66. The number of fused-ring (bicyclic) bond motifs is 1. The van der Waals surface area contributed by atoms with Gasteiger partial charge in [-0.05, 0) is 37.1 Å². The van der Waals surface area contributed by atoms with Gasteiger partial charge in [0.05, 0.1) is 0 Å². The maximum absolute atomic E-state index is 5.97. The van der Waals surface area contributed by atoms with Gasteiger partial charge in [-0.3, -0.25) is 0 Å². The molecule has 76 valence electrons. The lowest BCUT2D eigenvalue weighted by atomic mass is 9.95. The number of rotatable bonds is 2. The lowest BCUT2D eigenvalue weighted by Gasteiger charge is -2.12. The first-order valence-electron chi connectivity index (χ1n) is 4.95. The molecular formula is C11H15ClN2. The van der Waals surface area contributed by atoms with Crippen molar-refractivity contribution < 1.29 is 0 Å². The van der Waals surface area contributed by atoms with Crippen molar-refractivity contribution >= 4 is 17.3 Å². The molecular weight excluding hydrogens is 196 g/mol. The molecule has 0 aliphatic carbocycles. The van der Waals surface area contributed by atoms with Gasteiger partial charge in [0.1, 0.15) is 0 Å². The lowest BCUT2D eigenvalue weighted by molar-refractivity contribution is 0.584. The number of anilines is 1. The second-order valence-electron chi connectivity index (χ2n) is 4.02. The minimum atomic E-state index is 0.242. The third kappa shape index (κ3) is 1.86. The van der Waals surface area contributed by atoms with Crippen molar-refractivity contribution in [1.29, 1.82) is 0 Å². The number of hydrogen-bond donors (Lipinski definition) is 2. The molecule has 14 heavy (non-hydrogen) atoms. The Labute approximate surface area is 89.4 Å². The van der Waals surface area contributed by atoms with E-state index in [2.05, 4.69) is 5.32 Å². The summed E-state index contributed by atoms with van der Waals surface area (Å²) in [6.07, 6.45) is 1.01. The van der Waals surface area contributed by atoms with E-state index in [1.807, 2.05) is 25.1 Å². The zero-order valence-corrected chi connectivity index (χ0v) is 9.01. The first-order chi connectivity index (χ1) is 6.66. The fraction of sp³-hybridized carbons (Fsp3) is 0.455. The quantitative estimate of drug-likeness (QED) is 0.788. The van der Waals surface area contributed by atoms with Crippen LogP contribution >= 0.6 is 11.6 Å². The first kappa shape index (κ1) is 9.81. The second-order valence-corrected chi connectivity index (χ2v) is 4.46.